The Hall–Kier alpha value is -1.27. The zero-order valence-electron chi connectivity index (χ0n) is 8.68. The molecule has 0 radical (unpaired) electrons. The van der Waals surface area contributed by atoms with E-state index in [2.05, 4.69) is 25.9 Å². The Morgan fingerprint density at radius 3 is 2.76 bits per heavy atom. The third kappa shape index (κ3) is 3.34. The second-order valence-electron chi connectivity index (χ2n) is 3.29. The Morgan fingerprint density at radius 1 is 1.41 bits per heavy atom. The van der Waals surface area contributed by atoms with E-state index in [-0.39, 0.29) is 5.75 Å². The number of aliphatic carboxylic acids is 1. The molecule has 1 aromatic heterocycles. The average Bonchev–Trinajstić information content (AvgIpc) is 2.76. The molecule has 0 saturated carbocycles. The first-order valence-corrected chi connectivity index (χ1v) is 6.58. The first-order valence-electron chi connectivity index (χ1n) is 4.80. The highest BCUT2D eigenvalue weighted by Crippen LogP contribution is 2.22. The van der Waals surface area contributed by atoms with Gasteiger partial charge in [-0.1, -0.05) is 39.8 Å². The Balaban J connectivity index is 2.12. The summed E-state index contributed by atoms with van der Waals surface area (Å²) < 4.78 is 1.02. The lowest BCUT2D eigenvalue weighted by Crippen LogP contribution is -1.97. The number of nitrogens with one attached hydrogen (secondary N) is 1. The summed E-state index contributed by atoms with van der Waals surface area (Å²) in [6.07, 6.45) is 1.70. The number of aromatic amines is 1. The van der Waals surface area contributed by atoms with Gasteiger partial charge in [0.2, 0.25) is 0 Å². The number of thioether (sulfide) groups is 1. The monoisotopic (exact) mass is 312 g/mol. The van der Waals surface area contributed by atoms with Crippen LogP contribution in [0.5, 0.6) is 0 Å². The number of halogens is 1. The Morgan fingerprint density at radius 2 is 2.12 bits per heavy atom. The molecule has 0 amide bonds. The Bertz CT molecular complexity index is 525. The third-order valence-electron chi connectivity index (χ3n) is 2.04. The first kappa shape index (κ1) is 12.2. The van der Waals surface area contributed by atoms with Gasteiger partial charge in [0, 0.05) is 4.47 Å². The van der Waals surface area contributed by atoms with E-state index in [0.29, 0.717) is 5.16 Å². The molecule has 0 aliphatic carbocycles. The molecule has 17 heavy (non-hydrogen) atoms. The van der Waals surface area contributed by atoms with Gasteiger partial charge in [0.05, 0.1) is 17.6 Å². The second-order valence-corrected chi connectivity index (χ2v) is 5.17. The maximum atomic E-state index is 10.4. The van der Waals surface area contributed by atoms with E-state index in [0.717, 1.165) is 15.7 Å². The molecule has 2 N–H and O–H groups in total. The highest BCUT2D eigenvalue weighted by Gasteiger charge is 2.05. The zero-order chi connectivity index (χ0) is 12.3. The van der Waals surface area contributed by atoms with Crippen molar-refractivity contribution in [3.05, 3.63) is 34.9 Å². The lowest BCUT2D eigenvalue weighted by Gasteiger charge is -1.97. The normalized spacial score (nSPS) is 10.4. The van der Waals surface area contributed by atoms with Crippen LogP contribution in [0.2, 0.25) is 0 Å². The molecule has 6 heteroatoms. The van der Waals surface area contributed by atoms with Gasteiger partial charge in [-0.2, -0.15) is 0 Å². The van der Waals surface area contributed by atoms with Gasteiger partial charge in [-0.05, 0) is 17.7 Å². The summed E-state index contributed by atoms with van der Waals surface area (Å²) in [6.45, 7) is 0. The molecule has 0 fully saturated rings. The van der Waals surface area contributed by atoms with Crippen LogP contribution in [-0.4, -0.2) is 26.8 Å². The lowest BCUT2D eigenvalue weighted by molar-refractivity contribution is -0.133. The van der Waals surface area contributed by atoms with Crippen molar-refractivity contribution >= 4 is 33.7 Å². The highest BCUT2D eigenvalue weighted by atomic mass is 79.9. The van der Waals surface area contributed by atoms with Gasteiger partial charge >= 0.3 is 5.97 Å². The van der Waals surface area contributed by atoms with Crippen LogP contribution in [0.1, 0.15) is 0 Å². The van der Waals surface area contributed by atoms with E-state index in [1.165, 1.54) is 11.8 Å². The summed E-state index contributed by atoms with van der Waals surface area (Å²) in [7, 11) is 0. The smallest absolute Gasteiger partial charge is 0.313 e. The molecule has 1 heterocycles. The number of carbonyl (C=O) groups is 1. The minimum Gasteiger partial charge on any atom is -0.481 e. The van der Waals surface area contributed by atoms with E-state index < -0.39 is 5.97 Å². The summed E-state index contributed by atoms with van der Waals surface area (Å²) in [5.74, 6) is -0.843. The molecular weight excluding hydrogens is 304 g/mol. The van der Waals surface area contributed by atoms with Crippen LogP contribution in [0.3, 0.4) is 0 Å². The van der Waals surface area contributed by atoms with Gasteiger partial charge < -0.3 is 10.1 Å². The van der Waals surface area contributed by atoms with Crippen molar-refractivity contribution in [2.45, 2.75) is 5.16 Å². The van der Waals surface area contributed by atoms with Crippen LogP contribution < -0.4 is 0 Å². The highest BCUT2D eigenvalue weighted by molar-refractivity contribution is 9.10. The van der Waals surface area contributed by atoms with Gasteiger partial charge in [0.1, 0.15) is 0 Å². The average molecular weight is 313 g/mol. The quantitative estimate of drug-likeness (QED) is 0.852. The fraction of sp³-hybridized carbons (Fsp3) is 0.0909. The first-order chi connectivity index (χ1) is 8.15. The predicted octanol–water partition coefficient (Wildman–Crippen LogP) is 3.02. The molecule has 2 aromatic rings. The predicted molar refractivity (Wildman–Crippen MR) is 70.1 cm³/mol. The van der Waals surface area contributed by atoms with Gasteiger partial charge in [-0.15, -0.1) is 0 Å². The number of hydrogen-bond acceptors (Lipinski definition) is 3. The topological polar surface area (TPSA) is 66.0 Å². The fourth-order valence-corrected chi connectivity index (χ4v) is 2.12. The van der Waals surface area contributed by atoms with Crippen molar-refractivity contribution in [2.24, 2.45) is 0 Å². The summed E-state index contributed by atoms with van der Waals surface area (Å²) in [5, 5.41) is 9.18. The molecule has 0 spiro atoms. The van der Waals surface area contributed by atoms with Crippen molar-refractivity contribution in [1.29, 1.82) is 0 Å². The molecule has 0 bridgehead atoms. The molecule has 0 aliphatic rings. The molecule has 1 aromatic carbocycles. The molecule has 0 atom stereocenters. The van der Waals surface area contributed by atoms with Crippen molar-refractivity contribution in [1.82, 2.24) is 9.97 Å². The molecular formula is C11H9BrN2O2S. The molecule has 0 saturated heterocycles. The molecule has 0 aliphatic heterocycles. The van der Waals surface area contributed by atoms with Gasteiger partial charge in [-0.25, -0.2) is 4.98 Å². The molecule has 0 unspecified atom stereocenters. The van der Waals surface area contributed by atoms with Gasteiger partial charge in [-0.3, -0.25) is 4.79 Å². The SMILES string of the molecule is O=C(O)CSc1ncc(-c2ccc(Br)cc2)[nH]1. The molecule has 2 rings (SSSR count). The minimum atomic E-state index is -0.850. The van der Waals surface area contributed by atoms with Crippen molar-refractivity contribution < 1.29 is 9.90 Å². The van der Waals surface area contributed by atoms with Crippen LogP contribution >= 0.6 is 27.7 Å². The number of H-pyrrole nitrogens is 1. The van der Waals surface area contributed by atoms with E-state index >= 15 is 0 Å². The van der Waals surface area contributed by atoms with Crippen LogP contribution in [0.25, 0.3) is 11.3 Å². The van der Waals surface area contributed by atoms with Crippen LogP contribution in [-0.2, 0) is 4.79 Å². The van der Waals surface area contributed by atoms with Crippen molar-refractivity contribution in [2.75, 3.05) is 5.75 Å². The number of nitrogens with zero attached hydrogens (tertiary/aromatic N) is 1. The lowest BCUT2D eigenvalue weighted by atomic mass is 10.2. The number of benzene rings is 1. The fourth-order valence-electron chi connectivity index (χ4n) is 1.28. The summed E-state index contributed by atoms with van der Waals surface area (Å²) in [5.41, 5.74) is 1.90. The van der Waals surface area contributed by atoms with E-state index in [1.54, 1.807) is 6.20 Å². The largest absolute Gasteiger partial charge is 0.481 e. The third-order valence-corrected chi connectivity index (χ3v) is 3.44. The number of rotatable bonds is 4. The van der Waals surface area contributed by atoms with Gasteiger partial charge in [0.25, 0.3) is 0 Å². The van der Waals surface area contributed by atoms with Crippen molar-refractivity contribution in [3.63, 3.8) is 0 Å². The number of hydrogen-bond donors (Lipinski definition) is 2. The Kier molecular flexibility index (Phi) is 3.86. The maximum Gasteiger partial charge on any atom is 0.313 e. The minimum absolute atomic E-state index is 0.00723. The summed E-state index contributed by atoms with van der Waals surface area (Å²) in [6, 6.07) is 7.81. The van der Waals surface area contributed by atoms with Gasteiger partial charge in [0.15, 0.2) is 5.16 Å². The van der Waals surface area contributed by atoms with Crippen LogP contribution in [0.4, 0.5) is 0 Å². The molecule has 4 nitrogen and oxygen atoms in total. The van der Waals surface area contributed by atoms with E-state index in [4.69, 9.17) is 5.11 Å². The number of aromatic nitrogens is 2. The number of carboxylic acids is 1. The Labute approximate surface area is 111 Å². The van der Waals surface area contributed by atoms with Crippen molar-refractivity contribution in [3.8, 4) is 11.3 Å². The summed E-state index contributed by atoms with van der Waals surface area (Å²) >= 11 is 4.54. The van der Waals surface area contributed by atoms with Crippen LogP contribution in [0, 0.1) is 0 Å². The van der Waals surface area contributed by atoms with Crippen LogP contribution in [0.15, 0.2) is 40.1 Å². The van der Waals surface area contributed by atoms with E-state index in [9.17, 15) is 4.79 Å². The standard InChI is InChI=1S/C11H9BrN2O2S/c12-8-3-1-7(2-4-8)9-5-13-11(14-9)17-6-10(15)16/h1-5H,6H2,(H,13,14)(H,15,16). The zero-order valence-corrected chi connectivity index (χ0v) is 11.1. The number of imidazole rings is 1. The molecule has 88 valence electrons. The van der Waals surface area contributed by atoms with E-state index in [1.807, 2.05) is 24.3 Å². The number of carboxylic acid groups (broad SMARTS) is 1. The summed E-state index contributed by atoms with van der Waals surface area (Å²) in [4.78, 5) is 17.6. The second kappa shape index (κ2) is 5.37. The maximum absolute atomic E-state index is 10.4.